The summed E-state index contributed by atoms with van der Waals surface area (Å²) >= 11 is 0. The van der Waals surface area contributed by atoms with Crippen LogP contribution in [0.4, 0.5) is 0 Å². The van der Waals surface area contributed by atoms with Crippen molar-refractivity contribution in [2.45, 2.75) is 45.3 Å². The van der Waals surface area contributed by atoms with E-state index in [9.17, 15) is 0 Å². The average molecular weight is 192 g/mol. The van der Waals surface area contributed by atoms with Crippen LogP contribution in [0.1, 0.15) is 44.0 Å². The Morgan fingerprint density at radius 3 is 2.50 bits per heavy atom. The molecule has 3 heteroatoms. The fourth-order valence-corrected chi connectivity index (χ4v) is 1.25. The van der Waals surface area contributed by atoms with Crippen molar-refractivity contribution in [3.8, 4) is 0 Å². The van der Waals surface area contributed by atoms with Gasteiger partial charge in [-0.2, -0.15) is 0 Å². The summed E-state index contributed by atoms with van der Waals surface area (Å²) < 4.78 is 5.46. The Balaban J connectivity index is 1.92. The molecule has 0 atom stereocenters. The van der Waals surface area contributed by atoms with E-state index < -0.39 is 0 Å². The summed E-state index contributed by atoms with van der Waals surface area (Å²) in [5, 5.41) is 0. The molecule has 0 N–H and O–H groups in total. The molecule has 1 saturated carbocycles. The number of ether oxygens (including phenoxy) is 1. The quantitative estimate of drug-likeness (QED) is 0.734. The number of hydrogen-bond donors (Lipinski definition) is 0. The van der Waals surface area contributed by atoms with Crippen molar-refractivity contribution in [3.05, 3.63) is 23.8 Å². The fourth-order valence-electron chi connectivity index (χ4n) is 1.25. The molecule has 0 aliphatic heterocycles. The van der Waals surface area contributed by atoms with Crippen LogP contribution in [-0.2, 0) is 11.3 Å². The van der Waals surface area contributed by atoms with Crippen molar-refractivity contribution in [3.63, 3.8) is 0 Å². The van der Waals surface area contributed by atoms with Crippen molar-refractivity contribution in [2.24, 2.45) is 0 Å². The highest BCUT2D eigenvalue weighted by molar-refractivity contribution is 5.09. The lowest BCUT2D eigenvalue weighted by Crippen LogP contribution is -2.03. The van der Waals surface area contributed by atoms with E-state index in [1.807, 2.05) is 26.2 Å². The molecule has 0 aromatic carbocycles. The fraction of sp³-hybridized carbons (Fsp3) is 0.636. The third-order valence-corrected chi connectivity index (χ3v) is 2.25. The van der Waals surface area contributed by atoms with Crippen LogP contribution >= 0.6 is 0 Å². The maximum Gasteiger partial charge on any atom is 0.131 e. The summed E-state index contributed by atoms with van der Waals surface area (Å²) in [5.41, 5.74) is 1.06. The minimum absolute atomic E-state index is 0.262. The van der Waals surface area contributed by atoms with E-state index in [0.717, 1.165) is 11.4 Å². The Hall–Kier alpha value is -0.960. The molecule has 2 rings (SSSR count). The summed E-state index contributed by atoms with van der Waals surface area (Å²) in [6, 6.07) is 0. The molecule has 1 aliphatic rings. The van der Waals surface area contributed by atoms with Gasteiger partial charge in [0.25, 0.3) is 0 Å². The monoisotopic (exact) mass is 192 g/mol. The van der Waals surface area contributed by atoms with Gasteiger partial charge in [0, 0.05) is 23.9 Å². The van der Waals surface area contributed by atoms with Crippen LogP contribution in [0.5, 0.6) is 0 Å². The summed E-state index contributed by atoms with van der Waals surface area (Å²) in [6.45, 7) is 4.67. The highest BCUT2D eigenvalue weighted by Crippen LogP contribution is 2.37. The standard InChI is InChI=1S/C11H16N2O/c1-8(2)14-7-9-5-12-11(13-6-9)10-3-4-10/h5-6,8,10H,3-4,7H2,1-2H3. The van der Waals surface area contributed by atoms with Gasteiger partial charge in [0.1, 0.15) is 5.82 Å². The number of aromatic nitrogens is 2. The van der Waals surface area contributed by atoms with Crippen LogP contribution in [0, 0.1) is 0 Å². The van der Waals surface area contributed by atoms with Crippen LogP contribution < -0.4 is 0 Å². The lowest BCUT2D eigenvalue weighted by Gasteiger charge is -2.06. The van der Waals surface area contributed by atoms with E-state index in [0.29, 0.717) is 12.5 Å². The molecule has 0 radical (unpaired) electrons. The van der Waals surface area contributed by atoms with E-state index in [-0.39, 0.29) is 6.10 Å². The summed E-state index contributed by atoms with van der Waals surface area (Å²) in [7, 11) is 0. The van der Waals surface area contributed by atoms with Gasteiger partial charge in [0.15, 0.2) is 0 Å². The summed E-state index contributed by atoms with van der Waals surface area (Å²) in [4.78, 5) is 8.66. The predicted octanol–water partition coefficient (Wildman–Crippen LogP) is 2.28. The van der Waals surface area contributed by atoms with Gasteiger partial charge >= 0.3 is 0 Å². The zero-order valence-electron chi connectivity index (χ0n) is 8.73. The van der Waals surface area contributed by atoms with E-state index in [1.54, 1.807) is 0 Å². The lowest BCUT2D eigenvalue weighted by molar-refractivity contribution is 0.0653. The maximum atomic E-state index is 5.46. The number of rotatable bonds is 4. The Morgan fingerprint density at radius 2 is 2.00 bits per heavy atom. The summed E-state index contributed by atoms with van der Waals surface area (Å²) in [6.07, 6.45) is 6.52. The first-order chi connectivity index (χ1) is 6.75. The highest BCUT2D eigenvalue weighted by Gasteiger charge is 2.25. The number of hydrogen-bond acceptors (Lipinski definition) is 3. The van der Waals surface area contributed by atoms with Crippen LogP contribution in [0.25, 0.3) is 0 Å². The normalized spacial score (nSPS) is 16.2. The minimum atomic E-state index is 0.262. The van der Waals surface area contributed by atoms with Crippen molar-refractivity contribution in [1.82, 2.24) is 9.97 Å². The Bertz CT molecular complexity index is 291. The van der Waals surface area contributed by atoms with E-state index >= 15 is 0 Å². The van der Waals surface area contributed by atoms with Gasteiger partial charge in [-0.25, -0.2) is 9.97 Å². The topological polar surface area (TPSA) is 35.0 Å². The first-order valence-electron chi connectivity index (χ1n) is 5.18. The SMILES string of the molecule is CC(C)OCc1cnc(C2CC2)nc1. The Labute approximate surface area is 84.5 Å². The first-order valence-corrected chi connectivity index (χ1v) is 5.18. The van der Waals surface area contributed by atoms with Gasteiger partial charge in [0.05, 0.1) is 12.7 Å². The van der Waals surface area contributed by atoms with Gasteiger partial charge in [-0.3, -0.25) is 0 Å². The van der Waals surface area contributed by atoms with Gasteiger partial charge in [0.2, 0.25) is 0 Å². The van der Waals surface area contributed by atoms with E-state index in [1.165, 1.54) is 12.8 Å². The molecular formula is C11H16N2O. The zero-order chi connectivity index (χ0) is 9.97. The molecule has 0 bridgehead atoms. The van der Waals surface area contributed by atoms with Crippen LogP contribution in [0.3, 0.4) is 0 Å². The van der Waals surface area contributed by atoms with Crippen molar-refractivity contribution < 1.29 is 4.74 Å². The van der Waals surface area contributed by atoms with Crippen LogP contribution in [0.15, 0.2) is 12.4 Å². The second kappa shape index (κ2) is 4.05. The smallest absolute Gasteiger partial charge is 0.131 e. The Kier molecular flexibility index (Phi) is 2.77. The van der Waals surface area contributed by atoms with Gasteiger partial charge in [-0.15, -0.1) is 0 Å². The average Bonchev–Trinajstić information content (AvgIpc) is 2.99. The van der Waals surface area contributed by atoms with Gasteiger partial charge < -0.3 is 4.74 Å². The minimum Gasteiger partial charge on any atom is -0.374 e. The molecule has 0 spiro atoms. The lowest BCUT2D eigenvalue weighted by atomic mass is 10.3. The van der Waals surface area contributed by atoms with Crippen molar-refractivity contribution in [2.75, 3.05) is 0 Å². The molecule has 3 nitrogen and oxygen atoms in total. The third-order valence-electron chi connectivity index (χ3n) is 2.25. The summed E-state index contributed by atoms with van der Waals surface area (Å²) in [5.74, 6) is 1.63. The molecule has 0 amide bonds. The van der Waals surface area contributed by atoms with Crippen molar-refractivity contribution in [1.29, 1.82) is 0 Å². The van der Waals surface area contributed by atoms with E-state index in [4.69, 9.17) is 4.74 Å². The molecule has 0 unspecified atom stereocenters. The number of nitrogens with zero attached hydrogens (tertiary/aromatic N) is 2. The maximum absolute atomic E-state index is 5.46. The third kappa shape index (κ3) is 2.51. The van der Waals surface area contributed by atoms with Crippen LogP contribution in [-0.4, -0.2) is 16.1 Å². The second-order valence-corrected chi connectivity index (χ2v) is 4.08. The molecule has 1 heterocycles. The van der Waals surface area contributed by atoms with E-state index in [2.05, 4.69) is 9.97 Å². The largest absolute Gasteiger partial charge is 0.374 e. The van der Waals surface area contributed by atoms with Gasteiger partial charge in [-0.05, 0) is 26.7 Å². The molecule has 1 aromatic rings. The van der Waals surface area contributed by atoms with Crippen LogP contribution in [0.2, 0.25) is 0 Å². The molecule has 0 saturated heterocycles. The molecule has 76 valence electrons. The molecule has 1 fully saturated rings. The van der Waals surface area contributed by atoms with Gasteiger partial charge in [-0.1, -0.05) is 0 Å². The predicted molar refractivity (Wildman–Crippen MR) is 53.9 cm³/mol. The molecule has 1 aromatic heterocycles. The second-order valence-electron chi connectivity index (χ2n) is 4.08. The highest BCUT2D eigenvalue weighted by atomic mass is 16.5. The Morgan fingerprint density at radius 1 is 1.36 bits per heavy atom. The molecule has 1 aliphatic carbocycles. The van der Waals surface area contributed by atoms with Crippen molar-refractivity contribution >= 4 is 0 Å². The first kappa shape index (κ1) is 9.59. The molecule has 14 heavy (non-hydrogen) atoms. The molecular weight excluding hydrogens is 176 g/mol. The zero-order valence-corrected chi connectivity index (χ0v) is 8.73.